The second-order valence-electron chi connectivity index (χ2n) is 3.52. The molecule has 0 spiro atoms. The molecule has 0 N–H and O–H groups in total. The molecule has 4 heteroatoms. The summed E-state index contributed by atoms with van der Waals surface area (Å²) in [6, 6.07) is 4.37. The molecule has 0 radical (unpaired) electrons. The fourth-order valence-corrected chi connectivity index (χ4v) is 1.89. The number of fused-ring (bicyclic) bond motifs is 1. The lowest BCUT2D eigenvalue weighted by Gasteiger charge is -2.24. The normalized spacial score (nSPS) is 19.2. The van der Waals surface area contributed by atoms with Crippen LogP contribution in [0.1, 0.15) is 12.0 Å². The van der Waals surface area contributed by atoms with Gasteiger partial charge in [0.15, 0.2) is 11.9 Å². The molecule has 1 unspecified atom stereocenters. The summed E-state index contributed by atoms with van der Waals surface area (Å²) in [7, 11) is 0. The van der Waals surface area contributed by atoms with Gasteiger partial charge >= 0.3 is 0 Å². The van der Waals surface area contributed by atoms with Crippen molar-refractivity contribution in [2.75, 3.05) is 5.75 Å². The van der Waals surface area contributed by atoms with Crippen LogP contribution in [0.2, 0.25) is 0 Å². The summed E-state index contributed by atoms with van der Waals surface area (Å²) < 4.78 is 18.4. The van der Waals surface area contributed by atoms with E-state index in [0.717, 1.165) is 5.56 Å². The number of hydrogen-bond donors (Lipinski definition) is 1. The van der Waals surface area contributed by atoms with Crippen molar-refractivity contribution in [1.82, 2.24) is 0 Å². The number of Topliss-reactive ketones (excluding diaryl/α,β-unsaturated/α-hetero) is 1. The highest BCUT2D eigenvalue weighted by molar-refractivity contribution is 7.81. The van der Waals surface area contributed by atoms with E-state index in [-0.39, 0.29) is 17.4 Å². The summed E-state index contributed by atoms with van der Waals surface area (Å²) in [5.74, 6) is 0.508. The molecule has 15 heavy (non-hydrogen) atoms. The van der Waals surface area contributed by atoms with Crippen molar-refractivity contribution in [1.29, 1.82) is 0 Å². The van der Waals surface area contributed by atoms with Crippen LogP contribution >= 0.6 is 12.6 Å². The van der Waals surface area contributed by atoms with Gasteiger partial charge < -0.3 is 4.74 Å². The molecule has 1 heterocycles. The fraction of sp³-hybridized carbons (Fsp3) is 0.364. The van der Waals surface area contributed by atoms with Crippen molar-refractivity contribution in [3.05, 3.63) is 29.6 Å². The minimum Gasteiger partial charge on any atom is -0.482 e. The summed E-state index contributed by atoms with van der Waals surface area (Å²) in [6.07, 6.45) is 0.869. The molecule has 0 amide bonds. The van der Waals surface area contributed by atoms with Crippen molar-refractivity contribution >= 4 is 18.4 Å². The number of rotatable bonds is 2. The van der Waals surface area contributed by atoms with Gasteiger partial charge in [-0.05, 0) is 36.6 Å². The zero-order valence-electron chi connectivity index (χ0n) is 8.07. The van der Waals surface area contributed by atoms with Crippen molar-refractivity contribution in [3.63, 3.8) is 0 Å². The van der Waals surface area contributed by atoms with Gasteiger partial charge in [-0.1, -0.05) is 0 Å². The van der Waals surface area contributed by atoms with E-state index in [0.29, 0.717) is 18.6 Å². The van der Waals surface area contributed by atoms with Crippen LogP contribution in [0.15, 0.2) is 18.2 Å². The number of halogens is 1. The quantitative estimate of drug-likeness (QED) is 0.781. The molecule has 2 nitrogen and oxygen atoms in total. The van der Waals surface area contributed by atoms with Gasteiger partial charge in [-0.3, -0.25) is 4.79 Å². The number of ketones is 1. The highest BCUT2D eigenvalue weighted by atomic mass is 32.1. The highest BCUT2D eigenvalue weighted by Gasteiger charge is 2.24. The smallest absolute Gasteiger partial charge is 0.182 e. The average Bonchev–Trinajstić information content (AvgIpc) is 2.27. The second kappa shape index (κ2) is 4.23. The zero-order valence-corrected chi connectivity index (χ0v) is 8.97. The Labute approximate surface area is 92.8 Å². The second-order valence-corrected chi connectivity index (χ2v) is 3.84. The molecule has 0 saturated heterocycles. The van der Waals surface area contributed by atoms with E-state index in [1.54, 1.807) is 6.07 Å². The van der Waals surface area contributed by atoms with E-state index in [1.807, 2.05) is 0 Å². The minimum absolute atomic E-state index is 0.0201. The Bertz CT molecular complexity index is 392. The topological polar surface area (TPSA) is 26.3 Å². The van der Waals surface area contributed by atoms with Crippen LogP contribution in [0.3, 0.4) is 0 Å². The molecule has 0 aromatic heterocycles. The number of benzene rings is 1. The minimum atomic E-state index is -0.416. The van der Waals surface area contributed by atoms with Crippen LogP contribution in [-0.4, -0.2) is 17.6 Å². The van der Waals surface area contributed by atoms with E-state index in [9.17, 15) is 9.18 Å². The molecule has 0 saturated carbocycles. The van der Waals surface area contributed by atoms with Crippen molar-refractivity contribution in [3.8, 4) is 5.75 Å². The lowest BCUT2D eigenvalue weighted by Crippen LogP contribution is -2.32. The summed E-state index contributed by atoms with van der Waals surface area (Å²) in [4.78, 5) is 11.4. The van der Waals surface area contributed by atoms with Crippen LogP contribution in [0.4, 0.5) is 4.39 Å². The molecule has 0 aliphatic carbocycles. The third kappa shape index (κ3) is 2.15. The number of carbonyl (C=O) groups excluding carboxylic acids is 1. The molecule has 1 aliphatic heterocycles. The SMILES string of the molecule is O=C(CS)C1CCc2cc(F)ccc2O1. The monoisotopic (exact) mass is 226 g/mol. The first-order chi connectivity index (χ1) is 7.20. The van der Waals surface area contributed by atoms with Gasteiger partial charge in [0.05, 0.1) is 5.75 Å². The molecule has 1 aliphatic rings. The number of ether oxygens (including phenoxy) is 1. The Kier molecular flexibility index (Phi) is 2.95. The van der Waals surface area contributed by atoms with Gasteiger partial charge in [0, 0.05) is 0 Å². The van der Waals surface area contributed by atoms with Crippen LogP contribution in [0.25, 0.3) is 0 Å². The highest BCUT2D eigenvalue weighted by Crippen LogP contribution is 2.28. The van der Waals surface area contributed by atoms with Crippen LogP contribution in [-0.2, 0) is 11.2 Å². The lowest BCUT2D eigenvalue weighted by atomic mass is 10.0. The fourth-order valence-electron chi connectivity index (χ4n) is 1.69. The number of carbonyl (C=O) groups is 1. The van der Waals surface area contributed by atoms with E-state index >= 15 is 0 Å². The van der Waals surface area contributed by atoms with Gasteiger partial charge in [0.2, 0.25) is 0 Å². The molecule has 1 atom stereocenters. The van der Waals surface area contributed by atoms with Crippen LogP contribution < -0.4 is 4.74 Å². The summed E-state index contributed by atoms with van der Waals surface area (Å²) in [5, 5.41) is 0. The van der Waals surface area contributed by atoms with Crippen molar-refractivity contribution in [2.24, 2.45) is 0 Å². The van der Waals surface area contributed by atoms with Gasteiger partial charge in [0.1, 0.15) is 11.6 Å². The molecular weight excluding hydrogens is 215 g/mol. The predicted molar refractivity (Wildman–Crippen MR) is 58.0 cm³/mol. The average molecular weight is 226 g/mol. The first-order valence-corrected chi connectivity index (χ1v) is 5.42. The predicted octanol–water partition coefficient (Wildman–Crippen LogP) is 2.02. The Hall–Kier alpha value is -1.03. The molecule has 1 aromatic carbocycles. The van der Waals surface area contributed by atoms with Gasteiger partial charge in [-0.15, -0.1) is 0 Å². The van der Waals surface area contributed by atoms with E-state index in [4.69, 9.17) is 4.74 Å². The Balaban J connectivity index is 2.20. The molecule has 0 fully saturated rings. The largest absolute Gasteiger partial charge is 0.482 e. The van der Waals surface area contributed by atoms with E-state index in [1.165, 1.54) is 12.1 Å². The van der Waals surface area contributed by atoms with Crippen molar-refractivity contribution in [2.45, 2.75) is 18.9 Å². The summed E-state index contributed by atoms with van der Waals surface area (Å²) in [5.41, 5.74) is 0.832. The standard InChI is InChI=1S/C11H11FO2S/c12-8-2-4-10-7(5-8)1-3-11(14-10)9(13)6-15/h2,4-5,11,15H,1,3,6H2. The maximum absolute atomic E-state index is 12.9. The van der Waals surface area contributed by atoms with Gasteiger partial charge in [0.25, 0.3) is 0 Å². The molecular formula is C11H11FO2S. The third-order valence-electron chi connectivity index (χ3n) is 2.48. The Morgan fingerprint density at radius 1 is 1.60 bits per heavy atom. The van der Waals surface area contributed by atoms with Gasteiger partial charge in [-0.25, -0.2) is 4.39 Å². The molecule has 2 rings (SSSR count). The maximum atomic E-state index is 12.9. The van der Waals surface area contributed by atoms with Crippen LogP contribution in [0.5, 0.6) is 5.75 Å². The van der Waals surface area contributed by atoms with E-state index in [2.05, 4.69) is 12.6 Å². The molecule has 80 valence electrons. The van der Waals surface area contributed by atoms with Crippen LogP contribution in [0, 0.1) is 5.82 Å². The van der Waals surface area contributed by atoms with E-state index < -0.39 is 6.10 Å². The Morgan fingerprint density at radius 3 is 3.13 bits per heavy atom. The number of aryl methyl sites for hydroxylation is 1. The number of hydrogen-bond acceptors (Lipinski definition) is 3. The summed E-state index contributed by atoms with van der Waals surface area (Å²) >= 11 is 3.92. The first kappa shape index (κ1) is 10.5. The zero-order chi connectivity index (χ0) is 10.8. The lowest BCUT2D eigenvalue weighted by molar-refractivity contribution is -0.123. The molecule has 0 bridgehead atoms. The maximum Gasteiger partial charge on any atom is 0.182 e. The number of thiol groups is 1. The third-order valence-corrected chi connectivity index (χ3v) is 2.79. The Morgan fingerprint density at radius 2 is 2.40 bits per heavy atom. The van der Waals surface area contributed by atoms with Gasteiger partial charge in [-0.2, -0.15) is 12.6 Å². The first-order valence-electron chi connectivity index (χ1n) is 4.79. The summed E-state index contributed by atoms with van der Waals surface area (Å²) in [6.45, 7) is 0. The molecule has 1 aromatic rings. The van der Waals surface area contributed by atoms with Crippen molar-refractivity contribution < 1.29 is 13.9 Å².